The highest BCUT2D eigenvalue weighted by molar-refractivity contribution is 5.89. The van der Waals surface area contributed by atoms with Crippen LogP contribution >= 0.6 is 0 Å². The molecule has 0 aromatic carbocycles. The van der Waals surface area contributed by atoms with Gasteiger partial charge in [0, 0.05) is 33.1 Å². The molecule has 22 heavy (non-hydrogen) atoms. The van der Waals surface area contributed by atoms with E-state index in [4.69, 9.17) is 0 Å². The fourth-order valence-electron chi connectivity index (χ4n) is 2.95. The van der Waals surface area contributed by atoms with E-state index in [0.29, 0.717) is 18.9 Å². The molecule has 7 heteroatoms. The Balaban J connectivity index is 2.42. The molecule has 0 saturated carbocycles. The third kappa shape index (κ3) is 2.71. The third-order valence-electron chi connectivity index (χ3n) is 4.38. The van der Waals surface area contributed by atoms with Crippen LogP contribution in [0, 0.1) is 12.8 Å². The summed E-state index contributed by atoms with van der Waals surface area (Å²) in [6.07, 6.45) is 1.56. The largest absolute Gasteiger partial charge is 0.347 e. The summed E-state index contributed by atoms with van der Waals surface area (Å²) >= 11 is 0. The summed E-state index contributed by atoms with van der Waals surface area (Å²) in [6, 6.07) is -0.668. The first kappa shape index (κ1) is 16.5. The van der Waals surface area contributed by atoms with E-state index in [1.807, 2.05) is 25.3 Å². The zero-order chi connectivity index (χ0) is 16.4. The highest BCUT2D eigenvalue weighted by Gasteiger charge is 2.40. The second-order valence-electron chi connectivity index (χ2n) is 5.94. The molecule has 0 fully saturated rings. The standard InChI is InChI=1S/C15H25N5O2/c1-6-11(7-2)14(21)20-9-8-19-10(3)16-17-13(19)12(20)15(22)18(4)5/h11-12H,6-9H2,1-5H3. The molecule has 1 unspecified atom stereocenters. The summed E-state index contributed by atoms with van der Waals surface area (Å²) in [5.41, 5.74) is 0. The summed E-state index contributed by atoms with van der Waals surface area (Å²) in [4.78, 5) is 28.6. The van der Waals surface area contributed by atoms with Crippen molar-refractivity contribution in [1.82, 2.24) is 24.6 Å². The second kappa shape index (κ2) is 6.46. The van der Waals surface area contributed by atoms with E-state index in [0.717, 1.165) is 18.7 Å². The molecule has 2 rings (SSSR count). The van der Waals surface area contributed by atoms with Crippen LogP contribution in [-0.4, -0.2) is 57.0 Å². The van der Waals surface area contributed by atoms with E-state index in [1.165, 1.54) is 4.90 Å². The predicted molar refractivity (Wildman–Crippen MR) is 82.0 cm³/mol. The molecule has 122 valence electrons. The lowest BCUT2D eigenvalue weighted by molar-refractivity contribution is -0.149. The lowest BCUT2D eigenvalue weighted by Gasteiger charge is -2.37. The topological polar surface area (TPSA) is 71.3 Å². The second-order valence-corrected chi connectivity index (χ2v) is 5.94. The van der Waals surface area contributed by atoms with E-state index in [-0.39, 0.29) is 17.7 Å². The van der Waals surface area contributed by atoms with E-state index in [9.17, 15) is 9.59 Å². The molecule has 7 nitrogen and oxygen atoms in total. The van der Waals surface area contributed by atoms with E-state index >= 15 is 0 Å². The molecule has 0 N–H and O–H groups in total. The van der Waals surface area contributed by atoms with E-state index in [2.05, 4.69) is 10.2 Å². The van der Waals surface area contributed by atoms with Gasteiger partial charge in [0.1, 0.15) is 5.82 Å². The van der Waals surface area contributed by atoms with Crippen molar-refractivity contribution in [3.05, 3.63) is 11.6 Å². The fraction of sp³-hybridized carbons (Fsp3) is 0.733. The predicted octanol–water partition coefficient (Wildman–Crippen LogP) is 0.994. The number of amides is 2. The number of likely N-dealkylation sites (N-methyl/N-ethyl adjacent to an activating group) is 1. The Labute approximate surface area is 131 Å². The van der Waals surface area contributed by atoms with Gasteiger partial charge in [0.25, 0.3) is 5.91 Å². The first-order valence-electron chi connectivity index (χ1n) is 7.83. The summed E-state index contributed by atoms with van der Waals surface area (Å²) in [7, 11) is 3.40. The zero-order valence-electron chi connectivity index (χ0n) is 14.0. The van der Waals surface area contributed by atoms with Crippen LogP contribution in [0.1, 0.15) is 44.4 Å². The minimum Gasteiger partial charge on any atom is -0.347 e. The normalized spacial score (nSPS) is 17.5. The molecule has 2 amide bonds. The van der Waals surface area contributed by atoms with Gasteiger partial charge in [-0.25, -0.2) is 0 Å². The lowest BCUT2D eigenvalue weighted by Crippen LogP contribution is -2.50. The quantitative estimate of drug-likeness (QED) is 0.832. The van der Waals surface area contributed by atoms with E-state index < -0.39 is 6.04 Å². The molecular weight excluding hydrogens is 282 g/mol. The number of aromatic nitrogens is 3. The molecule has 0 bridgehead atoms. The lowest BCUT2D eigenvalue weighted by atomic mass is 9.99. The van der Waals surface area contributed by atoms with E-state index in [1.54, 1.807) is 19.0 Å². The van der Waals surface area contributed by atoms with Crippen LogP contribution in [0.25, 0.3) is 0 Å². The van der Waals surface area contributed by atoms with Gasteiger partial charge >= 0.3 is 0 Å². The molecule has 0 radical (unpaired) electrons. The Morgan fingerprint density at radius 3 is 2.41 bits per heavy atom. The molecular formula is C15H25N5O2. The average molecular weight is 307 g/mol. The van der Waals surface area contributed by atoms with Gasteiger partial charge in [-0.2, -0.15) is 0 Å². The Morgan fingerprint density at radius 1 is 1.23 bits per heavy atom. The monoisotopic (exact) mass is 307 g/mol. The number of aryl methyl sites for hydroxylation is 1. The number of hydrogen-bond donors (Lipinski definition) is 0. The number of nitrogens with zero attached hydrogens (tertiary/aromatic N) is 5. The number of fused-ring (bicyclic) bond motifs is 1. The molecule has 0 spiro atoms. The van der Waals surface area contributed by atoms with Crippen molar-refractivity contribution >= 4 is 11.8 Å². The first-order chi connectivity index (χ1) is 10.4. The Morgan fingerprint density at radius 2 is 1.86 bits per heavy atom. The maximum atomic E-state index is 12.8. The maximum absolute atomic E-state index is 12.8. The molecule has 2 heterocycles. The molecule has 0 aliphatic carbocycles. The van der Waals surface area contributed by atoms with Crippen molar-refractivity contribution in [2.45, 2.75) is 46.2 Å². The Hall–Kier alpha value is -1.92. The van der Waals surface area contributed by atoms with Crippen LogP contribution in [0.4, 0.5) is 0 Å². The van der Waals surface area contributed by atoms with Gasteiger partial charge in [-0.1, -0.05) is 13.8 Å². The zero-order valence-corrected chi connectivity index (χ0v) is 14.0. The Bertz CT molecular complexity index is 562. The third-order valence-corrected chi connectivity index (χ3v) is 4.38. The van der Waals surface area contributed by atoms with Gasteiger partial charge < -0.3 is 14.4 Å². The van der Waals surface area contributed by atoms with Gasteiger partial charge in [0.05, 0.1) is 0 Å². The summed E-state index contributed by atoms with van der Waals surface area (Å²) in [5.74, 6) is 1.21. The van der Waals surface area contributed by atoms with Crippen LogP contribution in [0.5, 0.6) is 0 Å². The first-order valence-corrected chi connectivity index (χ1v) is 7.83. The van der Waals surface area contributed by atoms with Crippen LogP contribution in [-0.2, 0) is 16.1 Å². The summed E-state index contributed by atoms with van der Waals surface area (Å²) in [6.45, 7) is 7.03. The van der Waals surface area contributed by atoms with Crippen molar-refractivity contribution in [1.29, 1.82) is 0 Å². The Kier molecular flexibility index (Phi) is 4.83. The van der Waals surface area contributed by atoms with Crippen molar-refractivity contribution in [2.75, 3.05) is 20.6 Å². The summed E-state index contributed by atoms with van der Waals surface area (Å²) in [5, 5.41) is 8.23. The molecule has 0 saturated heterocycles. The SMILES string of the molecule is CCC(CC)C(=O)N1CCn2c(C)nnc2C1C(=O)N(C)C. The van der Waals surface area contributed by atoms with Gasteiger partial charge in [0.15, 0.2) is 11.9 Å². The average Bonchev–Trinajstić information content (AvgIpc) is 2.88. The number of rotatable bonds is 4. The van der Waals surface area contributed by atoms with Crippen LogP contribution < -0.4 is 0 Å². The summed E-state index contributed by atoms with van der Waals surface area (Å²) < 4.78 is 1.93. The maximum Gasteiger partial charge on any atom is 0.252 e. The fourth-order valence-corrected chi connectivity index (χ4v) is 2.95. The molecule has 1 aliphatic heterocycles. The van der Waals surface area contributed by atoms with Crippen LogP contribution in [0.2, 0.25) is 0 Å². The van der Waals surface area contributed by atoms with Gasteiger partial charge in [-0.05, 0) is 19.8 Å². The highest BCUT2D eigenvalue weighted by atomic mass is 16.2. The van der Waals surface area contributed by atoms with Crippen molar-refractivity contribution < 1.29 is 9.59 Å². The minimum absolute atomic E-state index is 0.0390. The van der Waals surface area contributed by atoms with Gasteiger partial charge in [-0.15, -0.1) is 10.2 Å². The molecule has 1 aromatic rings. The smallest absolute Gasteiger partial charge is 0.252 e. The number of hydrogen-bond acceptors (Lipinski definition) is 4. The minimum atomic E-state index is -0.668. The molecule has 1 aromatic heterocycles. The van der Waals surface area contributed by atoms with Crippen molar-refractivity contribution in [3.63, 3.8) is 0 Å². The van der Waals surface area contributed by atoms with Gasteiger partial charge in [-0.3, -0.25) is 9.59 Å². The van der Waals surface area contributed by atoms with Crippen LogP contribution in [0.15, 0.2) is 0 Å². The van der Waals surface area contributed by atoms with Crippen molar-refractivity contribution in [3.8, 4) is 0 Å². The van der Waals surface area contributed by atoms with Crippen LogP contribution in [0.3, 0.4) is 0 Å². The van der Waals surface area contributed by atoms with Crippen molar-refractivity contribution in [2.24, 2.45) is 5.92 Å². The number of carbonyl (C=O) groups excluding carboxylic acids is 2. The van der Waals surface area contributed by atoms with Gasteiger partial charge in [0.2, 0.25) is 5.91 Å². The molecule has 1 aliphatic rings. The highest BCUT2D eigenvalue weighted by Crippen LogP contribution is 2.29. The number of carbonyl (C=O) groups is 2. The molecule has 1 atom stereocenters.